The van der Waals surface area contributed by atoms with Crippen LogP contribution < -0.4 is 11.1 Å². The maximum Gasteiger partial charge on any atom is 0.239 e. The number of nitrogens with two attached hydrogens (primary N) is 1. The zero-order chi connectivity index (χ0) is 12.1. The number of rotatable bonds is 3. The molecule has 1 saturated heterocycles. The second-order valence-corrected chi connectivity index (χ2v) is 4.31. The SMILES string of the molecule is CCC(N)C(=O)N1CCC(NC(C)=O)CC1. The van der Waals surface area contributed by atoms with E-state index in [2.05, 4.69) is 5.32 Å². The van der Waals surface area contributed by atoms with Crippen molar-refractivity contribution in [3.05, 3.63) is 0 Å². The van der Waals surface area contributed by atoms with Gasteiger partial charge in [-0.15, -0.1) is 0 Å². The number of carbonyl (C=O) groups excluding carboxylic acids is 2. The van der Waals surface area contributed by atoms with Crippen LogP contribution in [0.2, 0.25) is 0 Å². The fourth-order valence-corrected chi connectivity index (χ4v) is 1.94. The summed E-state index contributed by atoms with van der Waals surface area (Å²) < 4.78 is 0. The van der Waals surface area contributed by atoms with Gasteiger partial charge in [-0.1, -0.05) is 6.92 Å². The van der Waals surface area contributed by atoms with Crippen molar-refractivity contribution in [1.29, 1.82) is 0 Å². The second kappa shape index (κ2) is 5.84. The van der Waals surface area contributed by atoms with Gasteiger partial charge in [0.2, 0.25) is 11.8 Å². The number of amides is 2. The van der Waals surface area contributed by atoms with Crippen molar-refractivity contribution in [3.63, 3.8) is 0 Å². The Morgan fingerprint density at radius 2 is 2.00 bits per heavy atom. The molecule has 1 unspecified atom stereocenters. The summed E-state index contributed by atoms with van der Waals surface area (Å²) in [7, 11) is 0. The molecule has 5 nitrogen and oxygen atoms in total. The van der Waals surface area contributed by atoms with E-state index in [-0.39, 0.29) is 23.9 Å². The van der Waals surface area contributed by atoms with Gasteiger partial charge in [0.15, 0.2) is 0 Å². The number of likely N-dealkylation sites (tertiary alicyclic amines) is 1. The van der Waals surface area contributed by atoms with Gasteiger partial charge < -0.3 is 16.0 Å². The molecule has 1 atom stereocenters. The number of hydrogen-bond acceptors (Lipinski definition) is 3. The van der Waals surface area contributed by atoms with Crippen LogP contribution in [0.3, 0.4) is 0 Å². The highest BCUT2D eigenvalue weighted by atomic mass is 16.2. The molecule has 1 aliphatic heterocycles. The third-order valence-electron chi connectivity index (χ3n) is 2.97. The standard InChI is InChI=1S/C11H21N3O2/c1-3-10(12)11(16)14-6-4-9(5-7-14)13-8(2)15/h9-10H,3-7,12H2,1-2H3,(H,13,15). The van der Waals surface area contributed by atoms with Crippen LogP contribution in [-0.4, -0.2) is 41.9 Å². The summed E-state index contributed by atoms with van der Waals surface area (Å²) in [5.74, 6) is 0.0267. The van der Waals surface area contributed by atoms with Crippen LogP contribution in [-0.2, 0) is 9.59 Å². The van der Waals surface area contributed by atoms with Crippen molar-refractivity contribution in [1.82, 2.24) is 10.2 Å². The molecular weight excluding hydrogens is 206 g/mol. The fourth-order valence-electron chi connectivity index (χ4n) is 1.94. The monoisotopic (exact) mass is 227 g/mol. The quantitative estimate of drug-likeness (QED) is 0.704. The molecule has 0 bridgehead atoms. The van der Waals surface area contributed by atoms with Crippen molar-refractivity contribution < 1.29 is 9.59 Å². The normalized spacial score (nSPS) is 19.3. The highest BCUT2D eigenvalue weighted by molar-refractivity contribution is 5.81. The topological polar surface area (TPSA) is 75.4 Å². The minimum atomic E-state index is -0.377. The molecule has 16 heavy (non-hydrogen) atoms. The van der Waals surface area contributed by atoms with Gasteiger partial charge in [0.05, 0.1) is 6.04 Å². The molecule has 1 rings (SSSR count). The number of nitrogens with zero attached hydrogens (tertiary/aromatic N) is 1. The molecule has 3 N–H and O–H groups in total. The Morgan fingerprint density at radius 1 is 1.44 bits per heavy atom. The summed E-state index contributed by atoms with van der Waals surface area (Å²) in [5, 5.41) is 2.88. The van der Waals surface area contributed by atoms with Crippen LogP contribution in [0.25, 0.3) is 0 Å². The van der Waals surface area contributed by atoms with E-state index in [0.29, 0.717) is 19.5 Å². The molecule has 0 aliphatic carbocycles. The van der Waals surface area contributed by atoms with E-state index in [4.69, 9.17) is 5.73 Å². The van der Waals surface area contributed by atoms with E-state index >= 15 is 0 Å². The average Bonchev–Trinajstić information content (AvgIpc) is 2.27. The van der Waals surface area contributed by atoms with Gasteiger partial charge in [0.1, 0.15) is 0 Å². The molecule has 0 radical (unpaired) electrons. The maximum atomic E-state index is 11.8. The zero-order valence-electron chi connectivity index (χ0n) is 10.0. The lowest BCUT2D eigenvalue weighted by atomic mass is 10.0. The summed E-state index contributed by atoms with van der Waals surface area (Å²) in [6.45, 7) is 4.81. The van der Waals surface area contributed by atoms with Crippen LogP contribution >= 0.6 is 0 Å². The number of nitrogens with one attached hydrogen (secondary N) is 1. The molecule has 0 spiro atoms. The Balaban J connectivity index is 2.37. The smallest absolute Gasteiger partial charge is 0.239 e. The second-order valence-electron chi connectivity index (χ2n) is 4.31. The van der Waals surface area contributed by atoms with Crippen LogP contribution in [0.5, 0.6) is 0 Å². The summed E-state index contributed by atoms with van der Waals surface area (Å²) in [6.07, 6.45) is 2.31. The van der Waals surface area contributed by atoms with Gasteiger partial charge in [0.25, 0.3) is 0 Å². The summed E-state index contributed by atoms with van der Waals surface area (Å²) in [4.78, 5) is 24.4. The Morgan fingerprint density at radius 3 is 2.44 bits per heavy atom. The molecule has 92 valence electrons. The Bertz CT molecular complexity index is 260. The third kappa shape index (κ3) is 3.48. The van der Waals surface area contributed by atoms with Crippen molar-refractivity contribution in [2.75, 3.05) is 13.1 Å². The Kier molecular flexibility index (Phi) is 4.73. The van der Waals surface area contributed by atoms with Gasteiger partial charge in [-0.3, -0.25) is 9.59 Å². The predicted molar refractivity (Wildman–Crippen MR) is 61.7 cm³/mol. The number of carbonyl (C=O) groups is 2. The fraction of sp³-hybridized carbons (Fsp3) is 0.818. The van der Waals surface area contributed by atoms with Crippen molar-refractivity contribution in [2.24, 2.45) is 5.73 Å². The van der Waals surface area contributed by atoms with Crippen molar-refractivity contribution in [2.45, 2.75) is 45.2 Å². The molecule has 2 amide bonds. The van der Waals surface area contributed by atoms with Crippen LogP contribution in [0, 0.1) is 0 Å². The molecule has 1 aliphatic rings. The molecule has 1 fully saturated rings. The molecule has 0 aromatic heterocycles. The molecule has 5 heteroatoms. The van der Waals surface area contributed by atoms with Gasteiger partial charge in [0, 0.05) is 26.1 Å². The predicted octanol–water partition coefficient (Wildman–Crippen LogP) is -0.149. The highest BCUT2D eigenvalue weighted by Crippen LogP contribution is 2.11. The van der Waals surface area contributed by atoms with Gasteiger partial charge in [-0.05, 0) is 19.3 Å². The minimum absolute atomic E-state index is 0.00460. The Labute approximate surface area is 96.4 Å². The first-order valence-electron chi connectivity index (χ1n) is 5.86. The van der Waals surface area contributed by atoms with Crippen molar-refractivity contribution in [3.8, 4) is 0 Å². The maximum absolute atomic E-state index is 11.8. The molecule has 0 saturated carbocycles. The average molecular weight is 227 g/mol. The zero-order valence-corrected chi connectivity index (χ0v) is 10.0. The largest absolute Gasteiger partial charge is 0.353 e. The van der Waals surface area contributed by atoms with E-state index in [9.17, 15) is 9.59 Å². The van der Waals surface area contributed by atoms with E-state index in [1.807, 2.05) is 6.92 Å². The molecular formula is C11H21N3O2. The number of hydrogen-bond donors (Lipinski definition) is 2. The van der Waals surface area contributed by atoms with Crippen LogP contribution in [0.1, 0.15) is 33.1 Å². The van der Waals surface area contributed by atoms with E-state index in [1.54, 1.807) is 4.90 Å². The first-order chi connectivity index (χ1) is 7.54. The highest BCUT2D eigenvalue weighted by Gasteiger charge is 2.25. The first-order valence-corrected chi connectivity index (χ1v) is 5.86. The van der Waals surface area contributed by atoms with Crippen LogP contribution in [0.4, 0.5) is 0 Å². The summed E-state index contributed by atoms with van der Waals surface area (Å²) in [6, 6.07) is -0.170. The Hall–Kier alpha value is -1.10. The molecule has 0 aromatic rings. The molecule has 0 aromatic carbocycles. The lowest BCUT2D eigenvalue weighted by Gasteiger charge is -2.33. The van der Waals surface area contributed by atoms with E-state index < -0.39 is 0 Å². The summed E-state index contributed by atoms with van der Waals surface area (Å²) >= 11 is 0. The first kappa shape index (κ1) is 13.0. The molecule has 1 heterocycles. The van der Waals surface area contributed by atoms with Gasteiger partial charge >= 0.3 is 0 Å². The third-order valence-corrected chi connectivity index (χ3v) is 2.97. The minimum Gasteiger partial charge on any atom is -0.353 e. The lowest BCUT2D eigenvalue weighted by Crippen LogP contribution is -2.50. The van der Waals surface area contributed by atoms with E-state index in [1.165, 1.54) is 6.92 Å². The lowest BCUT2D eigenvalue weighted by molar-refractivity contribution is -0.133. The number of piperidine rings is 1. The summed E-state index contributed by atoms with van der Waals surface area (Å²) in [5.41, 5.74) is 5.70. The van der Waals surface area contributed by atoms with E-state index in [0.717, 1.165) is 12.8 Å². The van der Waals surface area contributed by atoms with Gasteiger partial charge in [-0.25, -0.2) is 0 Å². The van der Waals surface area contributed by atoms with Crippen LogP contribution in [0.15, 0.2) is 0 Å². The van der Waals surface area contributed by atoms with Crippen molar-refractivity contribution >= 4 is 11.8 Å². The van der Waals surface area contributed by atoms with Gasteiger partial charge in [-0.2, -0.15) is 0 Å².